The Morgan fingerprint density at radius 2 is 2.23 bits per heavy atom. The Hall–Kier alpha value is -0.120. The van der Waals surface area contributed by atoms with Crippen LogP contribution in [0.5, 0.6) is 0 Å². The molecule has 0 bridgehead atoms. The molecule has 0 aromatic rings. The van der Waals surface area contributed by atoms with Crippen molar-refractivity contribution in [2.75, 3.05) is 6.61 Å². The highest BCUT2D eigenvalue weighted by molar-refractivity contribution is 4.82. The van der Waals surface area contributed by atoms with E-state index in [1.165, 1.54) is 0 Å². The van der Waals surface area contributed by atoms with Crippen LogP contribution in [-0.4, -0.2) is 30.0 Å². The van der Waals surface area contributed by atoms with Crippen LogP contribution in [0.1, 0.15) is 33.1 Å². The molecule has 13 heavy (non-hydrogen) atoms. The molecule has 0 aromatic carbocycles. The first kappa shape index (κ1) is 11.0. The van der Waals surface area contributed by atoms with E-state index in [-0.39, 0.29) is 12.1 Å². The molecule has 1 rings (SSSR count). The Morgan fingerprint density at radius 1 is 1.54 bits per heavy atom. The van der Waals surface area contributed by atoms with Crippen molar-refractivity contribution in [3.05, 3.63) is 0 Å². The molecule has 1 aliphatic heterocycles. The smallest absolute Gasteiger partial charge is 0.0952 e. The van der Waals surface area contributed by atoms with E-state index >= 15 is 0 Å². The number of hydrogen-bond acceptors (Lipinski definition) is 3. The number of ether oxygens (including phenoxy) is 1. The van der Waals surface area contributed by atoms with E-state index in [0.29, 0.717) is 5.92 Å². The fourth-order valence-corrected chi connectivity index (χ4v) is 1.83. The van der Waals surface area contributed by atoms with Crippen molar-refractivity contribution < 1.29 is 9.84 Å². The lowest BCUT2D eigenvalue weighted by atomic mass is 9.96. The van der Waals surface area contributed by atoms with E-state index in [1.807, 2.05) is 0 Å². The van der Waals surface area contributed by atoms with Gasteiger partial charge in [-0.2, -0.15) is 0 Å². The highest BCUT2D eigenvalue weighted by Gasteiger charge is 2.28. The number of hydrogen-bond donors (Lipinski definition) is 2. The minimum Gasteiger partial charge on any atom is -0.389 e. The number of nitrogens with two attached hydrogens (primary N) is 1. The lowest BCUT2D eigenvalue weighted by molar-refractivity contribution is -0.0169. The number of aliphatic hydroxyl groups excluding tert-OH is 1. The van der Waals surface area contributed by atoms with Crippen molar-refractivity contribution >= 4 is 0 Å². The minimum absolute atomic E-state index is 0.0197. The van der Waals surface area contributed by atoms with Crippen molar-refractivity contribution in [3.8, 4) is 0 Å². The molecule has 0 saturated carbocycles. The maximum atomic E-state index is 9.82. The standard InChI is InChI=1S/C10H21NO2/c1-7(2)6-8(11)10(12)9-4-3-5-13-9/h7-10,12H,3-6,11H2,1-2H3. The van der Waals surface area contributed by atoms with Gasteiger partial charge in [0.05, 0.1) is 12.2 Å². The van der Waals surface area contributed by atoms with Crippen molar-refractivity contribution in [2.24, 2.45) is 11.7 Å². The van der Waals surface area contributed by atoms with Crippen LogP contribution >= 0.6 is 0 Å². The van der Waals surface area contributed by atoms with Gasteiger partial charge in [0.2, 0.25) is 0 Å². The average molecular weight is 187 g/mol. The quantitative estimate of drug-likeness (QED) is 0.687. The Kier molecular flexibility index (Phi) is 4.16. The molecule has 0 amide bonds. The molecule has 3 unspecified atom stereocenters. The monoisotopic (exact) mass is 187 g/mol. The zero-order valence-electron chi connectivity index (χ0n) is 8.57. The summed E-state index contributed by atoms with van der Waals surface area (Å²) in [4.78, 5) is 0. The summed E-state index contributed by atoms with van der Waals surface area (Å²) in [6.45, 7) is 5.00. The van der Waals surface area contributed by atoms with Gasteiger partial charge in [0.25, 0.3) is 0 Å². The molecule has 1 heterocycles. The van der Waals surface area contributed by atoms with Crippen LogP contribution < -0.4 is 5.73 Å². The maximum Gasteiger partial charge on any atom is 0.0952 e. The summed E-state index contributed by atoms with van der Waals surface area (Å²) in [5, 5.41) is 9.82. The van der Waals surface area contributed by atoms with Crippen molar-refractivity contribution in [1.29, 1.82) is 0 Å². The Labute approximate surface area is 80.3 Å². The molecule has 0 aromatic heterocycles. The molecular weight excluding hydrogens is 166 g/mol. The summed E-state index contributed by atoms with van der Waals surface area (Å²) in [6, 6.07) is -0.136. The molecule has 0 radical (unpaired) electrons. The van der Waals surface area contributed by atoms with E-state index in [0.717, 1.165) is 25.9 Å². The van der Waals surface area contributed by atoms with E-state index < -0.39 is 6.10 Å². The molecule has 3 atom stereocenters. The average Bonchev–Trinajstić information content (AvgIpc) is 2.53. The highest BCUT2D eigenvalue weighted by atomic mass is 16.5. The third-order valence-electron chi connectivity index (χ3n) is 2.53. The summed E-state index contributed by atoms with van der Waals surface area (Å²) in [5.74, 6) is 0.533. The predicted molar refractivity (Wildman–Crippen MR) is 52.4 cm³/mol. The third kappa shape index (κ3) is 3.25. The first-order valence-corrected chi connectivity index (χ1v) is 5.16. The van der Waals surface area contributed by atoms with Crippen molar-refractivity contribution in [1.82, 2.24) is 0 Å². The summed E-state index contributed by atoms with van der Waals surface area (Å²) in [6.07, 6.45) is 2.36. The molecule has 0 spiro atoms. The van der Waals surface area contributed by atoms with Crippen LogP contribution in [0.2, 0.25) is 0 Å². The van der Waals surface area contributed by atoms with Crippen molar-refractivity contribution in [2.45, 2.75) is 51.4 Å². The van der Waals surface area contributed by atoms with Gasteiger partial charge in [0.15, 0.2) is 0 Å². The van der Waals surface area contributed by atoms with Crippen LogP contribution in [0.15, 0.2) is 0 Å². The van der Waals surface area contributed by atoms with Crippen LogP contribution in [-0.2, 0) is 4.74 Å². The Morgan fingerprint density at radius 3 is 2.69 bits per heavy atom. The molecule has 1 aliphatic rings. The highest BCUT2D eigenvalue weighted by Crippen LogP contribution is 2.19. The molecule has 1 saturated heterocycles. The van der Waals surface area contributed by atoms with Gasteiger partial charge in [0.1, 0.15) is 0 Å². The van der Waals surface area contributed by atoms with Gasteiger partial charge in [-0.05, 0) is 25.2 Å². The molecule has 3 nitrogen and oxygen atoms in total. The van der Waals surface area contributed by atoms with Crippen LogP contribution in [0.4, 0.5) is 0 Å². The number of rotatable bonds is 4. The van der Waals surface area contributed by atoms with Gasteiger partial charge < -0.3 is 15.6 Å². The molecule has 0 aliphatic carbocycles. The van der Waals surface area contributed by atoms with Gasteiger partial charge >= 0.3 is 0 Å². The SMILES string of the molecule is CC(C)CC(N)C(O)C1CCCO1. The topological polar surface area (TPSA) is 55.5 Å². The van der Waals surface area contributed by atoms with Gasteiger partial charge in [-0.15, -0.1) is 0 Å². The van der Waals surface area contributed by atoms with Gasteiger partial charge in [-0.1, -0.05) is 13.8 Å². The molecule has 78 valence electrons. The first-order chi connectivity index (χ1) is 6.11. The van der Waals surface area contributed by atoms with Gasteiger partial charge in [-0.3, -0.25) is 0 Å². The minimum atomic E-state index is -0.482. The predicted octanol–water partition coefficient (Wildman–Crippen LogP) is 0.900. The molecule has 3 N–H and O–H groups in total. The molecular formula is C10H21NO2. The van der Waals surface area contributed by atoms with Crippen LogP contribution in [0.3, 0.4) is 0 Å². The molecule has 1 fully saturated rings. The van der Waals surface area contributed by atoms with E-state index in [4.69, 9.17) is 10.5 Å². The van der Waals surface area contributed by atoms with Gasteiger partial charge in [-0.25, -0.2) is 0 Å². The lowest BCUT2D eigenvalue weighted by Crippen LogP contribution is -2.43. The van der Waals surface area contributed by atoms with Crippen LogP contribution in [0.25, 0.3) is 0 Å². The van der Waals surface area contributed by atoms with E-state index in [2.05, 4.69) is 13.8 Å². The first-order valence-electron chi connectivity index (χ1n) is 5.16. The second-order valence-corrected chi connectivity index (χ2v) is 4.34. The van der Waals surface area contributed by atoms with Crippen LogP contribution in [0, 0.1) is 5.92 Å². The number of aliphatic hydroxyl groups is 1. The fraction of sp³-hybridized carbons (Fsp3) is 1.00. The molecule has 3 heteroatoms. The second kappa shape index (κ2) is 4.94. The fourth-order valence-electron chi connectivity index (χ4n) is 1.83. The normalized spacial score (nSPS) is 27.9. The second-order valence-electron chi connectivity index (χ2n) is 4.34. The Balaban J connectivity index is 2.31. The van der Waals surface area contributed by atoms with Crippen molar-refractivity contribution in [3.63, 3.8) is 0 Å². The summed E-state index contributed by atoms with van der Waals surface area (Å²) >= 11 is 0. The zero-order valence-corrected chi connectivity index (χ0v) is 8.57. The van der Waals surface area contributed by atoms with Gasteiger partial charge in [0, 0.05) is 12.6 Å². The van der Waals surface area contributed by atoms with E-state index in [9.17, 15) is 5.11 Å². The summed E-state index contributed by atoms with van der Waals surface area (Å²) < 4.78 is 5.39. The zero-order chi connectivity index (χ0) is 9.84. The van der Waals surface area contributed by atoms with E-state index in [1.54, 1.807) is 0 Å². The largest absolute Gasteiger partial charge is 0.389 e. The lowest BCUT2D eigenvalue weighted by Gasteiger charge is -2.24. The Bertz CT molecular complexity index is 144. The third-order valence-corrected chi connectivity index (χ3v) is 2.53. The maximum absolute atomic E-state index is 9.82. The summed E-state index contributed by atoms with van der Waals surface area (Å²) in [7, 11) is 0. The summed E-state index contributed by atoms with van der Waals surface area (Å²) in [5.41, 5.74) is 5.87.